The highest BCUT2D eigenvalue weighted by molar-refractivity contribution is 6.04. The fourth-order valence-electron chi connectivity index (χ4n) is 3.52. The van der Waals surface area contributed by atoms with Crippen LogP contribution in [0.4, 0.5) is 0 Å². The number of pyridine rings is 1. The van der Waals surface area contributed by atoms with Crippen LogP contribution < -0.4 is 5.32 Å². The number of rotatable bonds is 4. The summed E-state index contributed by atoms with van der Waals surface area (Å²) in [4.78, 5) is 16.6. The molecule has 3 heterocycles. The van der Waals surface area contributed by atoms with Crippen LogP contribution in [-0.4, -0.2) is 28.7 Å². The minimum atomic E-state index is -0.284. The summed E-state index contributed by atoms with van der Waals surface area (Å²) in [5, 5.41) is 4.40. The van der Waals surface area contributed by atoms with Crippen molar-refractivity contribution in [2.24, 2.45) is 0 Å². The van der Waals surface area contributed by atoms with E-state index < -0.39 is 0 Å². The van der Waals surface area contributed by atoms with E-state index in [1.165, 1.54) is 12.0 Å². The third-order valence-electron chi connectivity index (χ3n) is 4.71. The van der Waals surface area contributed by atoms with Gasteiger partial charge in [-0.05, 0) is 56.1 Å². The fraction of sp³-hybridized carbons (Fsp3) is 0.300. The predicted octanol–water partition coefficient (Wildman–Crippen LogP) is 3.63. The molecule has 1 saturated heterocycles. The molecule has 1 N–H and O–H groups in total. The van der Waals surface area contributed by atoms with E-state index in [2.05, 4.69) is 20.9 Å². The summed E-state index contributed by atoms with van der Waals surface area (Å²) >= 11 is 0. The Labute approximate surface area is 146 Å². The van der Waals surface area contributed by atoms with Gasteiger partial charge in [-0.2, -0.15) is 0 Å². The second kappa shape index (κ2) is 6.69. The minimum Gasteiger partial charge on any atom is -0.462 e. The lowest BCUT2D eigenvalue weighted by Crippen LogP contribution is -2.13. The second-order valence-electron chi connectivity index (χ2n) is 6.27. The molecule has 0 radical (unpaired) electrons. The highest BCUT2D eigenvalue weighted by Crippen LogP contribution is 2.27. The third-order valence-corrected chi connectivity index (χ3v) is 4.71. The van der Waals surface area contributed by atoms with Gasteiger partial charge in [-0.3, -0.25) is 4.98 Å². The molecule has 0 aliphatic carbocycles. The van der Waals surface area contributed by atoms with Gasteiger partial charge in [0.1, 0.15) is 0 Å². The number of aromatic nitrogens is 2. The summed E-state index contributed by atoms with van der Waals surface area (Å²) in [7, 11) is 0. The largest absolute Gasteiger partial charge is 0.462 e. The van der Waals surface area contributed by atoms with Crippen molar-refractivity contribution >= 4 is 16.9 Å². The van der Waals surface area contributed by atoms with Crippen LogP contribution in [0, 0.1) is 0 Å². The van der Waals surface area contributed by atoms with Crippen LogP contribution >= 0.6 is 0 Å². The van der Waals surface area contributed by atoms with Crippen molar-refractivity contribution in [2.45, 2.75) is 25.8 Å². The van der Waals surface area contributed by atoms with Crippen molar-refractivity contribution in [3.8, 4) is 5.69 Å². The van der Waals surface area contributed by atoms with E-state index >= 15 is 0 Å². The van der Waals surface area contributed by atoms with E-state index in [9.17, 15) is 4.79 Å². The molecule has 0 amide bonds. The molecule has 2 aromatic heterocycles. The maximum absolute atomic E-state index is 12.2. The lowest BCUT2D eigenvalue weighted by atomic mass is 10.1. The Morgan fingerprint density at radius 3 is 3.08 bits per heavy atom. The van der Waals surface area contributed by atoms with Crippen LogP contribution in [0.1, 0.15) is 41.7 Å². The van der Waals surface area contributed by atoms with E-state index in [4.69, 9.17) is 4.74 Å². The molecule has 5 heteroatoms. The van der Waals surface area contributed by atoms with Gasteiger partial charge in [0, 0.05) is 23.8 Å². The first-order chi connectivity index (χ1) is 12.3. The molecule has 1 fully saturated rings. The van der Waals surface area contributed by atoms with Gasteiger partial charge in [0.2, 0.25) is 0 Å². The van der Waals surface area contributed by atoms with Crippen LogP contribution in [0.2, 0.25) is 0 Å². The van der Waals surface area contributed by atoms with Crippen molar-refractivity contribution in [1.29, 1.82) is 0 Å². The summed E-state index contributed by atoms with van der Waals surface area (Å²) in [5.74, 6) is -0.284. The zero-order chi connectivity index (χ0) is 17.2. The molecule has 0 bridgehead atoms. The minimum absolute atomic E-state index is 0.284. The van der Waals surface area contributed by atoms with Crippen molar-refractivity contribution in [3.63, 3.8) is 0 Å². The molecule has 0 saturated carbocycles. The van der Waals surface area contributed by atoms with E-state index in [0.29, 0.717) is 18.2 Å². The van der Waals surface area contributed by atoms with Gasteiger partial charge in [0.15, 0.2) is 0 Å². The molecule has 1 unspecified atom stereocenters. The number of nitrogens with one attached hydrogen (secondary N) is 1. The first-order valence-electron chi connectivity index (χ1n) is 8.74. The summed E-state index contributed by atoms with van der Waals surface area (Å²) in [6.45, 7) is 3.25. The predicted molar refractivity (Wildman–Crippen MR) is 97.0 cm³/mol. The van der Waals surface area contributed by atoms with Gasteiger partial charge in [-0.1, -0.05) is 6.07 Å². The molecule has 1 aliphatic heterocycles. The van der Waals surface area contributed by atoms with Crippen LogP contribution in [-0.2, 0) is 4.74 Å². The highest BCUT2D eigenvalue weighted by atomic mass is 16.5. The maximum atomic E-state index is 12.2. The number of esters is 1. The number of ether oxygens (including phenoxy) is 1. The number of hydrogen-bond donors (Lipinski definition) is 1. The van der Waals surface area contributed by atoms with Gasteiger partial charge < -0.3 is 14.6 Å². The van der Waals surface area contributed by atoms with Crippen molar-refractivity contribution in [1.82, 2.24) is 14.9 Å². The molecule has 128 valence electrons. The van der Waals surface area contributed by atoms with Crippen LogP contribution in [0.25, 0.3) is 16.6 Å². The molecule has 5 nitrogen and oxygen atoms in total. The van der Waals surface area contributed by atoms with E-state index in [-0.39, 0.29) is 5.97 Å². The van der Waals surface area contributed by atoms with Crippen molar-refractivity contribution in [2.75, 3.05) is 13.2 Å². The van der Waals surface area contributed by atoms with E-state index in [1.807, 2.05) is 49.8 Å². The first kappa shape index (κ1) is 15.8. The average molecular weight is 335 g/mol. The number of benzene rings is 1. The summed E-state index contributed by atoms with van der Waals surface area (Å²) in [6.07, 6.45) is 8.11. The third kappa shape index (κ3) is 2.91. The fourth-order valence-corrected chi connectivity index (χ4v) is 3.52. The lowest BCUT2D eigenvalue weighted by Gasteiger charge is -2.13. The zero-order valence-electron chi connectivity index (χ0n) is 14.2. The Balaban J connectivity index is 1.76. The van der Waals surface area contributed by atoms with Crippen LogP contribution in [0.5, 0.6) is 0 Å². The molecule has 4 rings (SSSR count). The number of hydrogen-bond acceptors (Lipinski definition) is 4. The number of fused-ring (bicyclic) bond motifs is 1. The quantitative estimate of drug-likeness (QED) is 0.740. The summed E-state index contributed by atoms with van der Waals surface area (Å²) < 4.78 is 7.24. The van der Waals surface area contributed by atoms with Crippen molar-refractivity contribution in [3.05, 3.63) is 60.0 Å². The molecule has 1 atom stereocenters. The molecule has 3 aromatic rings. The number of carbonyl (C=O) groups is 1. The smallest absolute Gasteiger partial charge is 0.338 e. The Hall–Kier alpha value is -2.66. The van der Waals surface area contributed by atoms with Gasteiger partial charge in [0.25, 0.3) is 0 Å². The topological polar surface area (TPSA) is 56.2 Å². The van der Waals surface area contributed by atoms with Gasteiger partial charge in [-0.15, -0.1) is 0 Å². The first-order valence-corrected chi connectivity index (χ1v) is 8.74. The van der Waals surface area contributed by atoms with Crippen molar-refractivity contribution < 1.29 is 9.53 Å². The lowest BCUT2D eigenvalue weighted by molar-refractivity contribution is 0.0528. The zero-order valence-corrected chi connectivity index (χ0v) is 14.2. The number of carbonyl (C=O) groups excluding carboxylic acids is 1. The van der Waals surface area contributed by atoms with Gasteiger partial charge in [-0.25, -0.2) is 4.79 Å². The summed E-state index contributed by atoms with van der Waals surface area (Å²) in [5.41, 5.74) is 3.78. The van der Waals surface area contributed by atoms with Crippen LogP contribution in [0.15, 0.2) is 48.9 Å². The maximum Gasteiger partial charge on any atom is 0.338 e. The molecular formula is C20H21N3O2. The SMILES string of the molecule is CCOC(=O)c1cccc2c1ccn2-c1cncc(C2CCCN2)c1. The van der Waals surface area contributed by atoms with E-state index in [1.54, 1.807) is 0 Å². The normalized spacial score (nSPS) is 17.1. The Morgan fingerprint density at radius 2 is 2.28 bits per heavy atom. The Kier molecular flexibility index (Phi) is 4.24. The molecule has 1 aromatic carbocycles. The van der Waals surface area contributed by atoms with Crippen LogP contribution in [0.3, 0.4) is 0 Å². The Morgan fingerprint density at radius 1 is 1.36 bits per heavy atom. The van der Waals surface area contributed by atoms with Gasteiger partial charge in [0.05, 0.1) is 29.6 Å². The average Bonchev–Trinajstić information content (AvgIpc) is 3.31. The number of nitrogens with zero attached hydrogens (tertiary/aromatic N) is 2. The van der Waals surface area contributed by atoms with Gasteiger partial charge >= 0.3 is 5.97 Å². The molecule has 25 heavy (non-hydrogen) atoms. The standard InChI is InChI=1S/C20H21N3O2/c1-2-25-20(24)17-5-3-7-19-16(17)8-10-23(19)15-11-14(12-21-13-15)18-6-4-9-22-18/h3,5,7-8,10-13,18,22H,2,4,6,9H2,1H3. The van der Waals surface area contributed by atoms with E-state index in [0.717, 1.165) is 29.6 Å². The summed E-state index contributed by atoms with van der Waals surface area (Å²) in [6, 6.07) is 10.2. The second-order valence-corrected chi connectivity index (χ2v) is 6.27. The monoisotopic (exact) mass is 335 g/mol. The molecule has 1 aliphatic rings. The highest BCUT2D eigenvalue weighted by Gasteiger charge is 2.18. The molecular weight excluding hydrogens is 314 g/mol. The Bertz CT molecular complexity index is 910. The molecule has 0 spiro atoms.